The molecule has 2 aromatic rings. The van der Waals surface area contributed by atoms with E-state index in [-0.39, 0.29) is 5.82 Å². The van der Waals surface area contributed by atoms with Crippen LogP contribution in [-0.2, 0) is 0 Å². The zero-order chi connectivity index (χ0) is 13.2. The van der Waals surface area contributed by atoms with E-state index in [1.165, 1.54) is 6.20 Å². The Morgan fingerprint density at radius 2 is 1.95 bits per heavy atom. The minimum Gasteiger partial charge on any atom is -0.382 e. The number of pyridine rings is 1. The molecule has 0 unspecified atom stereocenters. The van der Waals surface area contributed by atoms with E-state index in [9.17, 15) is 4.39 Å². The number of nitrogens with one attached hydrogen (secondary N) is 1. The van der Waals surface area contributed by atoms with Crippen LogP contribution in [0, 0.1) is 5.82 Å². The molecule has 0 radical (unpaired) electrons. The van der Waals surface area contributed by atoms with Crippen LogP contribution in [0.2, 0.25) is 0 Å². The van der Waals surface area contributed by atoms with E-state index >= 15 is 0 Å². The van der Waals surface area contributed by atoms with Gasteiger partial charge in [-0.2, -0.15) is 0 Å². The van der Waals surface area contributed by atoms with Crippen LogP contribution in [0.15, 0.2) is 30.6 Å². The van der Waals surface area contributed by atoms with E-state index < -0.39 is 0 Å². The fourth-order valence-corrected chi connectivity index (χ4v) is 2.80. The number of fused-ring (bicyclic) bond motifs is 1. The lowest BCUT2D eigenvalue weighted by Gasteiger charge is -2.28. The van der Waals surface area contributed by atoms with Crippen molar-refractivity contribution in [1.29, 1.82) is 0 Å². The lowest BCUT2D eigenvalue weighted by Crippen LogP contribution is -2.32. The maximum absolute atomic E-state index is 13.9. The van der Waals surface area contributed by atoms with Crippen LogP contribution < -0.4 is 11.1 Å². The van der Waals surface area contributed by atoms with Gasteiger partial charge in [-0.15, -0.1) is 0 Å². The Bertz CT molecular complexity index is 571. The number of anilines is 1. The van der Waals surface area contributed by atoms with Crippen molar-refractivity contribution in [2.24, 2.45) is 5.73 Å². The van der Waals surface area contributed by atoms with Gasteiger partial charge in [-0.25, -0.2) is 4.39 Å². The fourth-order valence-electron chi connectivity index (χ4n) is 2.80. The number of hydrogen-bond acceptors (Lipinski definition) is 3. The summed E-state index contributed by atoms with van der Waals surface area (Å²) in [6.45, 7) is 0. The Morgan fingerprint density at radius 3 is 2.74 bits per heavy atom. The fraction of sp³-hybridized carbons (Fsp3) is 0.400. The molecule has 1 fully saturated rings. The van der Waals surface area contributed by atoms with Gasteiger partial charge in [0.25, 0.3) is 0 Å². The van der Waals surface area contributed by atoms with E-state index in [4.69, 9.17) is 5.73 Å². The molecule has 1 aromatic carbocycles. The van der Waals surface area contributed by atoms with Gasteiger partial charge in [0, 0.05) is 34.7 Å². The molecule has 0 atom stereocenters. The van der Waals surface area contributed by atoms with Crippen molar-refractivity contribution >= 4 is 16.5 Å². The summed E-state index contributed by atoms with van der Waals surface area (Å²) in [5.41, 5.74) is 6.77. The van der Waals surface area contributed by atoms with Gasteiger partial charge in [0.1, 0.15) is 0 Å². The predicted molar refractivity (Wildman–Crippen MR) is 75.6 cm³/mol. The lowest BCUT2D eigenvalue weighted by molar-refractivity contribution is 0.411. The summed E-state index contributed by atoms with van der Waals surface area (Å²) in [6.07, 6.45) is 7.12. The van der Waals surface area contributed by atoms with Gasteiger partial charge in [-0.1, -0.05) is 12.1 Å². The minimum absolute atomic E-state index is 0.270. The Kier molecular flexibility index (Phi) is 3.34. The molecule has 1 heterocycles. The summed E-state index contributed by atoms with van der Waals surface area (Å²) in [7, 11) is 0. The number of aromatic nitrogens is 1. The molecular formula is C15H18FN3. The van der Waals surface area contributed by atoms with Crippen molar-refractivity contribution in [3.8, 4) is 0 Å². The first-order chi connectivity index (χ1) is 9.24. The van der Waals surface area contributed by atoms with Crippen molar-refractivity contribution < 1.29 is 4.39 Å². The summed E-state index contributed by atoms with van der Waals surface area (Å²) < 4.78 is 13.9. The SMILES string of the molecule is N[C@H]1CC[C@H](Nc2cccc3cncc(F)c23)CC1. The van der Waals surface area contributed by atoms with Crippen LogP contribution in [0.5, 0.6) is 0 Å². The molecular weight excluding hydrogens is 241 g/mol. The smallest absolute Gasteiger partial charge is 0.151 e. The van der Waals surface area contributed by atoms with Crippen LogP contribution in [0.1, 0.15) is 25.7 Å². The van der Waals surface area contributed by atoms with E-state index in [1.807, 2.05) is 18.2 Å². The number of hydrogen-bond donors (Lipinski definition) is 2. The van der Waals surface area contributed by atoms with Gasteiger partial charge in [0.2, 0.25) is 0 Å². The Balaban J connectivity index is 1.88. The highest BCUT2D eigenvalue weighted by molar-refractivity contribution is 5.93. The average Bonchev–Trinajstić information content (AvgIpc) is 2.42. The van der Waals surface area contributed by atoms with Gasteiger partial charge in [0.05, 0.1) is 6.20 Å². The average molecular weight is 259 g/mol. The highest BCUT2D eigenvalue weighted by atomic mass is 19.1. The largest absolute Gasteiger partial charge is 0.382 e. The van der Waals surface area contributed by atoms with Crippen molar-refractivity contribution in [2.75, 3.05) is 5.32 Å². The molecule has 1 aromatic heterocycles. The monoisotopic (exact) mass is 259 g/mol. The van der Waals surface area contributed by atoms with E-state index in [1.54, 1.807) is 6.20 Å². The first-order valence-corrected chi connectivity index (χ1v) is 6.78. The number of halogens is 1. The lowest BCUT2D eigenvalue weighted by atomic mass is 9.91. The standard InChI is InChI=1S/C15H18FN3/c16-13-9-18-8-10-2-1-3-14(15(10)13)19-12-6-4-11(17)5-7-12/h1-3,8-9,11-12,19H,4-7,17H2/t11-,12-. The van der Waals surface area contributed by atoms with Crippen molar-refractivity contribution in [3.63, 3.8) is 0 Å². The number of benzene rings is 1. The molecule has 0 aliphatic heterocycles. The highest BCUT2D eigenvalue weighted by Crippen LogP contribution is 2.28. The van der Waals surface area contributed by atoms with E-state index in [2.05, 4.69) is 10.3 Å². The molecule has 0 bridgehead atoms. The van der Waals surface area contributed by atoms with Crippen LogP contribution in [0.3, 0.4) is 0 Å². The topological polar surface area (TPSA) is 50.9 Å². The van der Waals surface area contributed by atoms with Crippen molar-refractivity contribution in [3.05, 3.63) is 36.4 Å². The highest BCUT2D eigenvalue weighted by Gasteiger charge is 2.19. The van der Waals surface area contributed by atoms with E-state index in [0.29, 0.717) is 17.5 Å². The minimum atomic E-state index is -0.270. The van der Waals surface area contributed by atoms with Gasteiger partial charge in [-0.05, 0) is 31.7 Å². The number of nitrogens with two attached hydrogens (primary N) is 1. The third-order valence-electron chi connectivity index (χ3n) is 3.87. The van der Waals surface area contributed by atoms with Crippen LogP contribution in [0.4, 0.5) is 10.1 Å². The molecule has 4 heteroatoms. The van der Waals surface area contributed by atoms with Crippen LogP contribution in [-0.4, -0.2) is 17.1 Å². The van der Waals surface area contributed by atoms with E-state index in [0.717, 1.165) is 36.8 Å². The molecule has 100 valence electrons. The third kappa shape index (κ3) is 2.54. The summed E-state index contributed by atoms with van der Waals surface area (Å²) in [5, 5.41) is 4.92. The van der Waals surface area contributed by atoms with Gasteiger partial charge >= 0.3 is 0 Å². The second-order valence-corrected chi connectivity index (χ2v) is 5.28. The summed E-state index contributed by atoms with van der Waals surface area (Å²) in [4.78, 5) is 3.89. The van der Waals surface area contributed by atoms with Gasteiger partial charge in [-0.3, -0.25) is 4.98 Å². The number of rotatable bonds is 2. The molecule has 19 heavy (non-hydrogen) atoms. The summed E-state index contributed by atoms with van der Waals surface area (Å²) in [6, 6.07) is 6.46. The molecule has 0 spiro atoms. The molecule has 3 N–H and O–H groups in total. The maximum atomic E-state index is 13.9. The summed E-state index contributed by atoms with van der Waals surface area (Å²) in [5.74, 6) is -0.270. The van der Waals surface area contributed by atoms with Crippen LogP contribution in [0.25, 0.3) is 10.8 Å². The second kappa shape index (κ2) is 5.13. The Hall–Kier alpha value is -1.68. The molecule has 3 rings (SSSR count). The first kappa shape index (κ1) is 12.4. The summed E-state index contributed by atoms with van der Waals surface area (Å²) >= 11 is 0. The van der Waals surface area contributed by atoms with Crippen molar-refractivity contribution in [2.45, 2.75) is 37.8 Å². The second-order valence-electron chi connectivity index (χ2n) is 5.28. The maximum Gasteiger partial charge on any atom is 0.151 e. The van der Waals surface area contributed by atoms with Gasteiger partial charge in [0.15, 0.2) is 5.82 Å². The third-order valence-corrected chi connectivity index (χ3v) is 3.87. The molecule has 1 saturated carbocycles. The zero-order valence-corrected chi connectivity index (χ0v) is 10.8. The molecule has 0 saturated heterocycles. The Morgan fingerprint density at radius 1 is 1.16 bits per heavy atom. The predicted octanol–water partition coefficient (Wildman–Crippen LogP) is 3.06. The molecule has 1 aliphatic rings. The van der Waals surface area contributed by atoms with Gasteiger partial charge < -0.3 is 11.1 Å². The van der Waals surface area contributed by atoms with Crippen molar-refractivity contribution in [1.82, 2.24) is 4.98 Å². The zero-order valence-electron chi connectivity index (χ0n) is 10.8. The molecule has 1 aliphatic carbocycles. The Labute approximate surface area is 112 Å². The van der Waals surface area contributed by atoms with Crippen LogP contribution >= 0.6 is 0 Å². The normalized spacial score (nSPS) is 23.5. The first-order valence-electron chi connectivity index (χ1n) is 6.78. The quantitative estimate of drug-likeness (QED) is 0.871. The molecule has 3 nitrogen and oxygen atoms in total. The molecule has 0 amide bonds. The number of nitrogens with zero attached hydrogens (tertiary/aromatic N) is 1.